The van der Waals surface area contributed by atoms with Crippen LogP contribution in [0, 0.1) is 0 Å². The fraction of sp³-hybridized carbons (Fsp3) is 0.214. The van der Waals surface area contributed by atoms with Crippen LogP contribution in [-0.2, 0) is 6.42 Å². The Labute approximate surface area is 117 Å². The molecule has 18 heavy (non-hydrogen) atoms. The van der Waals surface area contributed by atoms with Gasteiger partial charge in [0.05, 0.1) is 16.8 Å². The number of hydrogen-bond acceptors (Lipinski definition) is 2. The van der Waals surface area contributed by atoms with E-state index in [9.17, 15) is 0 Å². The highest BCUT2D eigenvalue weighted by Crippen LogP contribution is 2.26. The van der Waals surface area contributed by atoms with Gasteiger partial charge in [-0.1, -0.05) is 41.4 Å². The lowest BCUT2D eigenvalue weighted by Gasteiger charge is -2.17. The Morgan fingerprint density at radius 2 is 1.83 bits per heavy atom. The number of rotatable bonds is 4. The summed E-state index contributed by atoms with van der Waals surface area (Å²) in [5.41, 5.74) is 1.93. The van der Waals surface area contributed by atoms with Crippen molar-refractivity contribution in [2.24, 2.45) is 0 Å². The maximum atomic E-state index is 6.17. The number of aromatic nitrogens is 1. The molecule has 1 aromatic carbocycles. The van der Waals surface area contributed by atoms with Gasteiger partial charge in [0, 0.05) is 11.2 Å². The van der Waals surface area contributed by atoms with Crippen LogP contribution >= 0.6 is 23.2 Å². The summed E-state index contributed by atoms with van der Waals surface area (Å²) in [6.45, 7) is 0. The number of nitrogens with one attached hydrogen (secondary N) is 1. The molecule has 2 aromatic rings. The molecular formula is C14H14Cl2N2. The van der Waals surface area contributed by atoms with E-state index in [1.54, 1.807) is 6.20 Å². The number of benzene rings is 1. The van der Waals surface area contributed by atoms with Gasteiger partial charge in [-0.2, -0.15) is 0 Å². The van der Waals surface area contributed by atoms with Crippen molar-refractivity contribution in [3.63, 3.8) is 0 Å². The van der Waals surface area contributed by atoms with Crippen molar-refractivity contribution in [2.45, 2.75) is 12.5 Å². The summed E-state index contributed by atoms with van der Waals surface area (Å²) < 4.78 is 0. The highest BCUT2D eigenvalue weighted by atomic mass is 35.5. The Kier molecular flexibility index (Phi) is 4.59. The van der Waals surface area contributed by atoms with E-state index in [0.717, 1.165) is 22.7 Å². The molecule has 1 N–H and O–H groups in total. The molecule has 4 heteroatoms. The van der Waals surface area contributed by atoms with Gasteiger partial charge in [-0.25, -0.2) is 0 Å². The van der Waals surface area contributed by atoms with E-state index in [1.807, 2.05) is 43.4 Å². The molecule has 0 saturated carbocycles. The first-order valence-electron chi connectivity index (χ1n) is 5.73. The van der Waals surface area contributed by atoms with E-state index in [-0.39, 0.29) is 6.04 Å². The van der Waals surface area contributed by atoms with Gasteiger partial charge in [0.15, 0.2) is 0 Å². The second kappa shape index (κ2) is 6.19. The van der Waals surface area contributed by atoms with Crippen molar-refractivity contribution < 1.29 is 0 Å². The van der Waals surface area contributed by atoms with Crippen molar-refractivity contribution in [2.75, 3.05) is 7.05 Å². The summed E-state index contributed by atoms with van der Waals surface area (Å²) in [5.74, 6) is 0. The van der Waals surface area contributed by atoms with Gasteiger partial charge in [-0.3, -0.25) is 4.98 Å². The molecule has 0 bridgehead atoms. The summed E-state index contributed by atoms with van der Waals surface area (Å²) in [4.78, 5) is 4.34. The lowest BCUT2D eigenvalue weighted by atomic mass is 10.0. The molecule has 1 aromatic heterocycles. The molecule has 1 heterocycles. The molecule has 0 aliphatic heterocycles. The summed E-state index contributed by atoms with van der Waals surface area (Å²) in [6.07, 6.45) is 2.51. The maximum Gasteiger partial charge on any atom is 0.0762 e. The first kappa shape index (κ1) is 13.3. The minimum Gasteiger partial charge on any atom is -0.311 e. The minimum absolute atomic E-state index is 0.0543. The Morgan fingerprint density at radius 1 is 1.11 bits per heavy atom. The van der Waals surface area contributed by atoms with Crippen LogP contribution in [0.15, 0.2) is 42.6 Å². The van der Waals surface area contributed by atoms with E-state index in [0.29, 0.717) is 5.02 Å². The summed E-state index contributed by atoms with van der Waals surface area (Å²) in [6, 6.07) is 11.5. The summed E-state index contributed by atoms with van der Waals surface area (Å²) >= 11 is 12.3. The van der Waals surface area contributed by atoms with E-state index < -0.39 is 0 Å². The maximum absolute atomic E-state index is 6.17. The average Bonchev–Trinajstić information content (AvgIpc) is 2.39. The first-order valence-corrected chi connectivity index (χ1v) is 6.49. The molecular weight excluding hydrogens is 267 g/mol. The van der Waals surface area contributed by atoms with Crippen LogP contribution in [0.4, 0.5) is 0 Å². The second-order valence-electron chi connectivity index (χ2n) is 4.01. The topological polar surface area (TPSA) is 24.9 Å². The number of likely N-dealkylation sites (N-methyl/N-ethyl adjacent to an activating group) is 1. The third-order valence-corrected chi connectivity index (χ3v) is 3.54. The van der Waals surface area contributed by atoms with Crippen molar-refractivity contribution in [3.8, 4) is 0 Å². The average molecular weight is 281 g/mol. The van der Waals surface area contributed by atoms with Crippen molar-refractivity contribution >= 4 is 23.2 Å². The lowest BCUT2D eigenvalue weighted by Crippen LogP contribution is -2.20. The normalized spacial score (nSPS) is 12.4. The molecule has 94 valence electrons. The molecule has 2 nitrogen and oxygen atoms in total. The van der Waals surface area contributed by atoms with Gasteiger partial charge in [0.1, 0.15) is 0 Å². The van der Waals surface area contributed by atoms with Crippen LogP contribution in [0.25, 0.3) is 0 Å². The number of nitrogens with zero attached hydrogens (tertiary/aromatic N) is 1. The minimum atomic E-state index is 0.0543. The molecule has 0 radical (unpaired) electrons. The third kappa shape index (κ3) is 3.02. The molecule has 0 fully saturated rings. The predicted octanol–water partition coefficient (Wildman–Crippen LogP) is 3.89. The fourth-order valence-electron chi connectivity index (χ4n) is 1.87. The molecule has 1 atom stereocenters. The largest absolute Gasteiger partial charge is 0.311 e. The lowest BCUT2D eigenvalue weighted by molar-refractivity contribution is 0.576. The van der Waals surface area contributed by atoms with Crippen LogP contribution in [0.3, 0.4) is 0 Å². The van der Waals surface area contributed by atoms with Crippen molar-refractivity contribution in [1.29, 1.82) is 0 Å². The van der Waals surface area contributed by atoms with Gasteiger partial charge >= 0.3 is 0 Å². The zero-order valence-corrected chi connectivity index (χ0v) is 11.5. The molecule has 0 spiro atoms. The van der Waals surface area contributed by atoms with Gasteiger partial charge < -0.3 is 5.32 Å². The van der Waals surface area contributed by atoms with Crippen LogP contribution in [0.1, 0.15) is 17.3 Å². The second-order valence-corrected chi connectivity index (χ2v) is 4.82. The molecule has 0 amide bonds. The summed E-state index contributed by atoms with van der Waals surface area (Å²) in [7, 11) is 1.90. The molecule has 0 aliphatic rings. The summed E-state index contributed by atoms with van der Waals surface area (Å²) in [5, 5.41) is 4.67. The monoisotopic (exact) mass is 280 g/mol. The van der Waals surface area contributed by atoms with Crippen molar-refractivity contribution in [1.82, 2.24) is 10.3 Å². The van der Waals surface area contributed by atoms with Crippen LogP contribution in [-0.4, -0.2) is 12.0 Å². The Morgan fingerprint density at radius 3 is 2.50 bits per heavy atom. The third-order valence-electron chi connectivity index (χ3n) is 2.85. The Bertz CT molecular complexity index is 529. The standard InChI is InChI=1S/C14H14Cl2N2/c1-17-13(14-12(16)7-4-8-18-14)9-10-5-2-3-6-11(10)15/h2-8,13,17H,9H2,1H3. The van der Waals surface area contributed by atoms with Crippen LogP contribution < -0.4 is 5.32 Å². The molecule has 2 rings (SSSR count). The van der Waals surface area contributed by atoms with Crippen molar-refractivity contribution in [3.05, 3.63) is 63.9 Å². The fourth-order valence-corrected chi connectivity index (χ4v) is 2.34. The van der Waals surface area contributed by atoms with Gasteiger partial charge in [-0.05, 0) is 37.2 Å². The van der Waals surface area contributed by atoms with Crippen LogP contribution in [0.2, 0.25) is 10.0 Å². The first-order chi connectivity index (χ1) is 8.72. The Hall–Kier alpha value is -1.09. The quantitative estimate of drug-likeness (QED) is 0.919. The predicted molar refractivity (Wildman–Crippen MR) is 76.2 cm³/mol. The van der Waals surface area contributed by atoms with E-state index in [1.165, 1.54) is 0 Å². The van der Waals surface area contributed by atoms with E-state index in [4.69, 9.17) is 23.2 Å². The number of pyridine rings is 1. The SMILES string of the molecule is CNC(Cc1ccccc1Cl)c1ncccc1Cl. The van der Waals surface area contributed by atoms with E-state index in [2.05, 4.69) is 10.3 Å². The highest BCUT2D eigenvalue weighted by Gasteiger charge is 2.15. The van der Waals surface area contributed by atoms with Gasteiger partial charge in [0.25, 0.3) is 0 Å². The zero-order valence-electron chi connectivity index (χ0n) is 10.0. The van der Waals surface area contributed by atoms with Crippen LogP contribution in [0.5, 0.6) is 0 Å². The molecule has 0 saturated heterocycles. The van der Waals surface area contributed by atoms with Gasteiger partial charge in [-0.15, -0.1) is 0 Å². The Balaban J connectivity index is 2.26. The number of hydrogen-bond donors (Lipinski definition) is 1. The molecule has 1 unspecified atom stereocenters. The van der Waals surface area contributed by atoms with Gasteiger partial charge in [0.2, 0.25) is 0 Å². The zero-order chi connectivity index (χ0) is 13.0. The number of halogens is 2. The molecule has 0 aliphatic carbocycles. The highest BCUT2D eigenvalue weighted by molar-refractivity contribution is 6.31. The smallest absolute Gasteiger partial charge is 0.0762 e. The van der Waals surface area contributed by atoms with E-state index >= 15 is 0 Å².